The van der Waals surface area contributed by atoms with Crippen molar-refractivity contribution in [3.05, 3.63) is 11.2 Å². The highest BCUT2D eigenvalue weighted by Gasteiger charge is 2.34. The van der Waals surface area contributed by atoms with Crippen LogP contribution >= 0.6 is 11.3 Å². The number of carbonyl (C=O) groups is 1. The first-order valence-corrected chi connectivity index (χ1v) is 8.76. The van der Waals surface area contributed by atoms with Gasteiger partial charge in [-0.25, -0.2) is 18.2 Å². The third-order valence-electron chi connectivity index (χ3n) is 2.89. The monoisotopic (exact) mass is 335 g/mol. The van der Waals surface area contributed by atoms with Crippen molar-refractivity contribution >= 4 is 27.3 Å². The molecule has 9 heteroatoms. The molecule has 0 aliphatic carbocycles. The van der Waals surface area contributed by atoms with Crippen LogP contribution in [0.3, 0.4) is 0 Å². The highest BCUT2D eigenvalue weighted by molar-refractivity contribution is 7.91. The minimum absolute atomic E-state index is 0.0678. The van der Waals surface area contributed by atoms with E-state index in [1.165, 1.54) is 16.9 Å². The zero-order valence-electron chi connectivity index (χ0n) is 12.9. The molecule has 1 aromatic heterocycles. The van der Waals surface area contributed by atoms with E-state index in [1.807, 2.05) is 25.9 Å². The fourth-order valence-corrected chi connectivity index (χ4v) is 4.97. The Bertz CT molecular complexity index is 583. The van der Waals surface area contributed by atoms with Crippen LogP contribution in [0.4, 0.5) is 0 Å². The van der Waals surface area contributed by atoms with Gasteiger partial charge in [0.2, 0.25) is 0 Å². The number of ether oxygens (including phenoxy) is 1. The van der Waals surface area contributed by atoms with Crippen LogP contribution in [0.2, 0.25) is 0 Å². The van der Waals surface area contributed by atoms with E-state index in [-0.39, 0.29) is 15.9 Å². The molecule has 1 unspecified atom stereocenters. The second-order valence-electron chi connectivity index (χ2n) is 4.80. The first-order valence-electron chi connectivity index (χ1n) is 6.44. The number of aromatic nitrogens is 1. The van der Waals surface area contributed by atoms with Gasteiger partial charge in [-0.1, -0.05) is 6.92 Å². The number of likely N-dealkylation sites (N-methyl/N-ethyl adjacent to an activating group) is 2. The van der Waals surface area contributed by atoms with Crippen LogP contribution in [0.1, 0.15) is 24.3 Å². The van der Waals surface area contributed by atoms with Crippen LogP contribution in [0.5, 0.6) is 0 Å². The fraction of sp³-hybridized carbons (Fsp3) is 0.667. The molecule has 0 radical (unpaired) electrons. The largest absolute Gasteiger partial charge is 0.464 e. The molecular formula is C12H21N3O4S2. The number of nitrogens with zero attached hydrogens (tertiary/aromatic N) is 3. The summed E-state index contributed by atoms with van der Waals surface area (Å²) in [6, 6.07) is -0.220. The molecule has 1 aromatic rings. The van der Waals surface area contributed by atoms with Gasteiger partial charge in [0.1, 0.15) is 0 Å². The molecular weight excluding hydrogens is 314 g/mol. The molecule has 0 bridgehead atoms. The number of esters is 1. The molecule has 0 saturated heterocycles. The summed E-state index contributed by atoms with van der Waals surface area (Å²) in [6.45, 7) is 4.50. The third kappa shape index (κ3) is 4.00. The molecule has 0 aromatic carbocycles. The fourth-order valence-electron chi connectivity index (χ4n) is 2.10. The van der Waals surface area contributed by atoms with Crippen molar-refractivity contribution in [3.8, 4) is 0 Å². The van der Waals surface area contributed by atoms with Crippen molar-refractivity contribution in [2.75, 3.05) is 34.3 Å². The van der Waals surface area contributed by atoms with E-state index in [9.17, 15) is 13.2 Å². The SMILES string of the molecule is CCN(C(C)CN(C)C)S(=O)(=O)c1scnc1C(=O)OC. The minimum Gasteiger partial charge on any atom is -0.464 e. The predicted molar refractivity (Wildman–Crippen MR) is 81.0 cm³/mol. The normalized spacial score (nSPS) is 13.7. The Morgan fingerprint density at radius 2 is 2.10 bits per heavy atom. The maximum absolute atomic E-state index is 12.8. The van der Waals surface area contributed by atoms with Crippen molar-refractivity contribution in [2.24, 2.45) is 0 Å². The summed E-state index contributed by atoms with van der Waals surface area (Å²) in [4.78, 5) is 17.4. The van der Waals surface area contributed by atoms with Crippen molar-refractivity contribution in [1.82, 2.24) is 14.2 Å². The van der Waals surface area contributed by atoms with Crippen LogP contribution in [-0.2, 0) is 14.8 Å². The van der Waals surface area contributed by atoms with Crippen LogP contribution in [-0.4, -0.2) is 68.9 Å². The molecule has 0 amide bonds. The standard InChI is InChI=1S/C12H21N3O4S2/c1-6-15(9(2)7-14(3)4)21(17,18)12-10(11(16)19-5)13-8-20-12/h8-9H,6-7H2,1-5H3. The smallest absolute Gasteiger partial charge is 0.358 e. The number of carbonyl (C=O) groups excluding carboxylic acids is 1. The maximum atomic E-state index is 12.8. The zero-order chi connectivity index (χ0) is 16.2. The minimum atomic E-state index is -3.78. The molecule has 0 aliphatic rings. The van der Waals surface area contributed by atoms with Crippen molar-refractivity contribution in [3.63, 3.8) is 0 Å². The quantitative estimate of drug-likeness (QED) is 0.689. The average molecular weight is 335 g/mol. The van der Waals surface area contributed by atoms with E-state index < -0.39 is 16.0 Å². The topological polar surface area (TPSA) is 79.8 Å². The Labute approximate surface area is 129 Å². The second-order valence-corrected chi connectivity index (χ2v) is 7.74. The Morgan fingerprint density at radius 3 is 2.57 bits per heavy atom. The summed E-state index contributed by atoms with van der Waals surface area (Å²) < 4.78 is 31.4. The third-order valence-corrected chi connectivity index (χ3v) is 6.33. The van der Waals surface area contributed by atoms with Crippen molar-refractivity contribution < 1.29 is 17.9 Å². The van der Waals surface area contributed by atoms with Gasteiger partial charge < -0.3 is 9.64 Å². The van der Waals surface area contributed by atoms with E-state index in [4.69, 9.17) is 0 Å². The number of rotatable bonds is 7. The average Bonchev–Trinajstić information content (AvgIpc) is 2.87. The van der Waals surface area contributed by atoms with Crippen LogP contribution in [0.15, 0.2) is 9.72 Å². The summed E-state index contributed by atoms with van der Waals surface area (Å²) in [5.74, 6) is -0.744. The lowest BCUT2D eigenvalue weighted by Crippen LogP contribution is -2.43. The number of thiazole rings is 1. The van der Waals surface area contributed by atoms with E-state index >= 15 is 0 Å². The zero-order valence-corrected chi connectivity index (χ0v) is 14.5. The lowest BCUT2D eigenvalue weighted by atomic mass is 10.3. The molecule has 21 heavy (non-hydrogen) atoms. The Morgan fingerprint density at radius 1 is 1.48 bits per heavy atom. The van der Waals surface area contributed by atoms with Crippen LogP contribution in [0.25, 0.3) is 0 Å². The van der Waals surface area contributed by atoms with Crippen LogP contribution < -0.4 is 0 Å². The van der Waals surface area contributed by atoms with Gasteiger partial charge in [-0.3, -0.25) is 0 Å². The predicted octanol–water partition coefficient (Wildman–Crippen LogP) is 0.890. The molecule has 0 spiro atoms. The molecule has 0 aliphatic heterocycles. The molecule has 120 valence electrons. The summed E-state index contributed by atoms with van der Waals surface area (Å²) >= 11 is 0.925. The highest BCUT2D eigenvalue weighted by Crippen LogP contribution is 2.26. The molecule has 7 nitrogen and oxygen atoms in total. The number of methoxy groups -OCH3 is 1. The lowest BCUT2D eigenvalue weighted by molar-refractivity contribution is 0.0590. The number of hydrogen-bond acceptors (Lipinski definition) is 7. The first-order chi connectivity index (χ1) is 9.75. The van der Waals surface area contributed by atoms with Gasteiger partial charge in [0.15, 0.2) is 9.90 Å². The van der Waals surface area contributed by atoms with Crippen LogP contribution in [0, 0.1) is 0 Å². The van der Waals surface area contributed by atoms with Gasteiger partial charge in [0.25, 0.3) is 10.0 Å². The molecule has 0 N–H and O–H groups in total. The summed E-state index contributed by atoms with van der Waals surface area (Å²) in [5, 5.41) is 0. The highest BCUT2D eigenvalue weighted by atomic mass is 32.2. The van der Waals surface area contributed by atoms with Gasteiger partial charge >= 0.3 is 5.97 Å². The summed E-state index contributed by atoms with van der Waals surface area (Å²) in [7, 11) is 1.18. The molecule has 0 saturated carbocycles. The van der Waals surface area contributed by atoms with E-state index in [0.717, 1.165) is 11.3 Å². The van der Waals surface area contributed by atoms with Gasteiger partial charge in [-0.15, -0.1) is 11.3 Å². The number of sulfonamides is 1. The number of hydrogen-bond donors (Lipinski definition) is 0. The lowest BCUT2D eigenvalue weighted by Gasteiger charge is -2.28. The van der Waals surface area contributed by atoms with E-state index in [2.05, 4.69) is 9.72 Å². The van der Waals surface area contributed by atoms with Crippen molar-refractivity contribution in [1.29, 1.82) is 0 Å². The summed E-state index contributed by atoms with van der Waals surface area (Å²) in [5.41, 5.74) is 1.18. The summed E-state index contributed by atoms with van der Waals surface area (Å²) in [6.07, 6.45) is 0. The Kier molecular flexibility index (Phi) is 6.26. The molecule has 1 atom stereocenters. The molecule has 0 fully saturated rings. The Balaban J connectivity index is 3.20. The van der Waals surface area contributed by atoms with Gasteiger partial charge in [0, 0.05) is 19.1 Å². The first kappa shape index (κ1) is 18.0. The molecule has 1 heterocycles. The Hall–Kier alpha value is -1.03. The van der Waals surface area contributed by atoms with Gasteiger partial charge in [-0.2, -0.15) is 4.31 Å². The molecule has 1 rings (SSSR count). The van der Waals surface area contributed by atoms with Gasteiger partial charge in [-0.05, 0) is 21.0 Å². The van der Waals surface area contributed by atoms with Crippen molar-refractivity contribution in [2.45, 2.75) is 24.1 Å². The van der Waals surface area contributed by atoms with E-state index in [1.54, 1.807) is 6.92 Å². The van der Waals surface area contributed by atoms with Gasteiger partial charge in [0.05, 0.1) is 12.6 Å². The maximum Gasteiger partial charge on any atom is 0.358 e. The second kappa shape index (κ2) is 7.30. The van der Waals surface area contributed by atoms with E-state index in [0.29, 0.717) is 13.1 Å².